The molecule has 4 rings (SSSR count). The van der Waals surface area contributed by atoms with Gasteiger partial charge in [-0.25, -0.2) is 0 Å². The Morgan fingerprint density at radius 2 is 1.75 bits per heavy atom. The van der Waals surface area contributed by atoms with Gasteiger partial charge in [-0.1, -0.05) is 30.3 Å². The number of fused-ring (bicyclic) bond motifs is 1. The molecule has 0 saturated carbocycles. The molecule has 2 aromatic carbocycles. The van der Waals surface area contributed by atoms with Crippen LogP contribution < -0.4 is 9.47 Å². The summed E-state index contributed by atoms with van der Waals surface area (Å²) in [6, 6.07) is 14.6. The van der Waals surface area contributed by atoms with Crippen molar-refractivity contribution in [1.29, 1.82) is 0 Å². The molecular weight excluding hydrogens is 350 g/mol. The number of rotatable bonds is 5. The number of piperidine rings is 1. The van der Waals surface area contributed by atoms with E-state index in [-0.39, 0.29) is 11.7 Å². The first-order valence-corrected chi connectivity index (χ1v) is 10.2. The molecule has 0 spiro atoms. The molecule has 1 atom stereocenters. The monoisotopic (exact) mass is 380 g/mol. The first kappa shape index (κ1) is 19.0. The second-order valence-electron chi connectivity index (χ2n) is 8.59. The van der Waals surface area contributed by atoms with E-state index in [4.69, 9.17) is 9.47 Å². The number of carbonyl (C=O) groups is 1. The highest BCUT2D eigenvalue weighted by molar-refractivity contribution is 6.05. The van der Waals surface area contributed by atoms with Gasteiger partial charge in [0.25, 0.3) is 0 Å². The predicted molar refractivity (Wildman–Crippen MR) is 110 cm³/mol. The minimum absolute atomic E-state index is 0.0847. The molecule has 0 N–H and O–H groups in total. The molecule has 0 bridgehead atoms. The molecule has 28 heavy (non-hydrogen) atoms. The third-order valence-electron chi connectivity index (χ3n) is 6.69. The molecule has 2 aromatic rings. The van der Waals surface area contributed by atoms with Crippen molar-refractivity contribution in [3.05, 3.63) is 59.2 Å². The molecule has 1 fully saturated rings. The van der Waals surface area contributed by atoms with E-state index in [1.807, 2.05) is 12.1 Å². The fraction of sp³-hybridized carbons (Fsp3) is 0.458. The van der Waals surface area contributed by atoms with Gasteiger partial charge in [0.2, 0.25) is 0 Å². The quantitative estimate of drug-likeness (QED) is 0.732. The van der Waals surface area contributed by atoms with Crippen molar-refractivity contribution in [1.82, 2.24) is 0 Å². The van der Waals surface area contributed by atoms with Crippen LogP contribution in [0.1, 0.15) is 34.3 Å². The average molecular weight is 381 g/mol. The summed E-state index contributed by atoms with van der Waals surface area (Å²) >= 11 is 0. The average Bonchev–Trinajstić information content (AvgIpc) is 3.05. The van der Waals surface area contributed by atoms with E-state index in [1.165, 1.54) is 5.56 Å². The maximum atomic E-state index is 13.2. The van der Waals surface area contributed by atoms with Crippen LogP contribution in [0.5, 0.6) is 11.5 Å². The van der Waals surface area contributed by atoms with Crippen LogP contribution >= 0.6 is 0 Å². The molecule has 0 radical (unpaired) electrons. The molecule has 4 heteroatoms. The number of Topliss-reactive ketones (excluding diaryl/α,β-unsaturated/α-hetero) is 1. The van der Waals surface area contributed by atoms with Crippen LogP contribution in [0, 0.1) is 11.8 Å². The van der Waals surface area contributed by atoms with Crippen LogP contribution in [0.25, 0.3) is 0 Å². The van der Waals surface area contributed by atoms with Gasteiger partial charge in [-0.15, -0.1) is 0 Å². The van der Waals surface area contributed by atoms with E-state index in [0.717, 1.165) is 60.3 Å². The summed E-state index contributed by atoms with van der Waals surface area (Å²) < 4.78 is 12.0. The Labute approximate surface area is 167 Å². The summed E-state index contributed by atoms with van der Waals surface area (Å²) in [5.74, 6) is 2.22. The summed E-state index contributed by atoms with van der Waals surface area (Å²) in [7, 11) is 5.63. The third kappa shape index (κ3) is 3.53. The molecule has 1 saturated heterocycles. The van der Waals surface area contributed by atoms with Gasteiger partial charge >= 0.3 is 0 Å². The number of ketones is 1. The van der Waals surface area contributed by atoms with E-state index in [0.29, 0.717) is 11.7 Å². The fourth-order valence-electron chi connectivity index (χ4n) is 5.06. The van der Waals surface area contributed by atoms with Crippen LogP contribution in [-0.2, 0) is 13.0 Å². The van der Waals surface area contributed by atoms with Crippen molar-refractivity contribution in [3.8, 4) is 11.5 Å². The molecule has 1 aliphatic heterocycles. The number of hydrogen-bond acceptors (Lipinski definition) is 3. The first-order valence-electron chi connectivity index (χ1n) is 10.2. The largest absolute Gasteiger partial charge is 0.497 e. The molecule has 4 nitrogen and oxygen atoms in total. The van der Waals surface area contributed by atoms with Crippen LogP contribution in [0.4, 0.5) is 0 Å². The van der Waals surface area contributed by atoms with Crippen molar-refractivity contribution in [3.63, 3.8) is 0 Å². The van der Waals surface area contributed by atoms with Crippen LogP contribution in [0.15, 0.2) is 42.5 Å². The Morgan fingerprint density at radius 1 is 1.04 bits per heavy atom. The minimum atomic E-state index is 0.0847. The predicted octanol–water partition coefficient (Wildman–Crippen LogP) is 4.12. The highest BCUT2D eigenvalue weighted by Gasteiger charge is 2.42. The summed E-state index contributed by atoms with van der Waals surface area (Å²) in [5.41, 5.74) is 3.25. The van der Waals surface area contributed by atoms with E-state index >= 15 is 0 Å². The fourth-order valence-corrected chi connectivity index (χ4v) is 5.06. The van der Waals surface area contributed by atoms with Gasteiger partial charge in [0.05, 0.1) is 39.9 Å². The number of carbonyl (C=O) groups excluding carboxylic acids is 1. The van der Waals surface area contributed by atoms with E-state index < -0.39 is 0 Å². The first-order chi connectivity index (χ1) is 13.5. The maximum Gasteiger partial charge on any atom is 0.170 e. The zero-order valence-corrected chi connectivity index (χ0v) is 17.1. The SMILES string of the molecule is COc1cc2c(c(OC)c1)C(=O)C(C1CC[N+](C)(Cc3ccccc3)CC1)C2. The normalized spacial score (nSPS) is 26.8. The van der Waals surface area contributed by atoms with Crippen molar-refractivity contribution in [2.45, 2.75) is 25.8 Å². The smallest absolute Gasteiger partial charge is 0.170 e. The lowest BCUT2D eigenvalue weighted by Gasteiger charge is -2.42. The van der Waals surface area contributed by atoms with Gasteiger partial charge in [0, 0.05) is 30.4 Å². The summed E-state index contributed by atoms with van der Waals surface area (Å²) in [4.78, 5) is 13.2. The highest BCUT2D eigenvalue weighted by Crippen LogP contribution is 2.42. The molecule has 1 heterocycles. The van der Waals surface area contributed by atoms with Crippen molar-refractivity contribution in [2.75, 3.05) is 34.4 Å². The molecule has 148 valence electrons. The maximum absolute atomic E-state index is 13.2. The van der Waals surface area contributed by atoms with Gasteiger partial charge in [-0.05, 0) is 24.0 Å². The van der Waals surface area contributed by atoms with Gasteiger partial charge < -0.3 is 14.0 Å². The molecule has 0 amide bonds. The lowest BCUT2D eigenvalue weighted by Crippen LogP contribution is -2.50. The second-order valence-corrected chi connectivity index (χ2v) is 8.59. The third-order valence-corrected chi connectivity index (χ3v) is 6.69. The van der Waals surface area contributed by atoms with Crippen LogP contribution in [0.3, 0.4) is 0 Å². The lowest BCUT2D eigenvalue weighted by atomic mass is 9.81. The molecule has 2 aliphatic rings. The number of hydrogen-bond donors (Lipinski definition) is 0. The minimum Gasteiger partial charge on any atom is -0.497 e. The molecule has 1 unspecified atom stereocenters. The van der Waals surface area contributed by atoms with Crippen LogP contribution in [0.2, 0.25) is 0 Å². The van der Waals surface area contributed by atoms with Crippen molar-refractivity contribution < 1.29 is 18.8 Å². The lowest BCUT2D eigenvalue weighted by molar-refractivity contribution is -0.928. The summed E-state index contributed by atoms with van der Waals surface area (Å²) in [6.45, 7) is 3.32. The Morgan fingerprint density at radius 3 is 2.39 bits per heavy atom. The number of nitrogens with zero attached hydrogens (tertiary/aromatic N) is 1. The topological polar surface area (TPSA) is 35.5 Å². The molecule has 1 aliphatic carbocycles. The number of quaternary nitrogens is 1. The number of methoxy groups -OCH3 is 2. The Kier molecular flexibility index (Phi) is 5.15. The van der Waals surface area contributed by atoms with E-state index in [9.17, 15) is 4.79 Å². The van der Waals surface area contributed by atoms with Gasteiger partial charge in [0.1, 0.15) is 18.0 Å². The summed E-state index contributed by atoms with van der Waals surface area (Å²) in [5, 5.41) is 0. The zero-order chi connectivity index (χ0) is 19.7. The van der Waals surface area contributed by atoms with Gasteiger partial charge in [-0.3, -0.25) is 4.79 Å². The molecular formula is C24H30NO3+. The Balaban J connectivity index is 1.46. The Bertz CT molecular complexity index is 854. The second kappa shape index (κ2) is 7.59. The number of likely N-dealkylation sites (tertiary alicyclic amines) is 1. The van der Waals surface area contributed by atoms with E-state index in [1.54, 1.807) is 14.2 Å². The van der Waals surface area contributed by atoms with Crippen molar-refractivity contribution >= 4 is 5.78 Å². The highest BCUT2D eigenvalue weighted by atomic mass is 16.5. The molecule has 0 aromatic heterocycles. The van der Waals surface area contributed by atoms with Crippen LogP contribution in [-0.4, -0.2) is 44.6 Å². The Hall–Kier alpha value is -2.33. The number of ether oxygens (including phenoxy) is 2. The standard InChI is InChI=1S/C24H30NO3/c1-25(16-17-7-5-4-6-8-17)11-9-18(10-12-25)21-14-19-13-20(27-2)15-22(28-3)23(19)24(21)26/h4-8,13,15,18,21H,9-12,14,16H2,1-3H3/q+1. The van der Waals surface area contributed by atoms with Gasteiger partial charge in [-0.2, -0.15) is 0 Å². The van der Waals surface area contributed by atoms with Crippen molar-refractivity contribution in [2.24, 2.45) is 11.8 Å². The summed E-state index contributed by atoms with van der Waals surface area (Å²) in [6.07, 6.45) is 3.02. The number of benzene rings is 2. The van der Waals surface area contributed by atoms with E-state index in [2.05, 4.69) is 37.4 Å². The van der Waals surface area contributed by atoms with Gasteiger partial charge in [0.15, 0.2) is 5.78 Å². The zero-order valence-electron chi connectivity index (χ0n) is 17.1.